The number of hydrogen-bond donors (Lipinski definition) is 0. The van der Waals surface area contributed by atoms with E-state index in [-0.39, 0.29) is 12.2 Å². The van der Waals surface area contributed by atoms with Crippen LogP contribution < -0.4 is 4.90 Å². The van der Waals surface area contributed by atoms with Crippen LogP contribution in [0.2, 0.25) is 5.02 Å². The van der Waals surface area contributed by atoms with E-state index in [2.05, 4.69) is 11.0 Å². The van der Waals surface area contributed by atoms with Crippen LogP contribution in [0, 0.1) is 11.3 Å². The fourth-order valence-corrected chi connectivity index (χ4v) is 2.42. The Morgan fingerprint density at radius 3 is 2.59 bits per heavy atom. The number of nitrogens with zero attached hydrogens (tertiary/aromatic N) is 2. The summed E-state index contributed by atoms with van der Waals surface area (Å²) in [7, 11) is 0. The summed E-state index contributed by atoms with van der Waals surface area (Å²) >= 11 is 5.90. The molecule has 1 aromatic rings. The van der Waals surface area contributed by atoms with Gasteiger partial charge in [-0.1, -0.05) is 11.6 Å². The van der Waals surface area contributed by atoms with Crippen LogP contribution in [0.1, 0.15) is 19.4 Å². The Labute approximate surface area is 107 Å². The molecule has 1 aliphatic rings. The molecule has 0 saturated carbocycles. The van der Waals surface area contributed by atoms with E-state index in [1.807, 2.05) is 26.0 Å². The van der Waals surface area contributed by atoms with Crippen molar-refractivity contribution in [2.45, 2.75) is 26.1 Å². The third-order valence-corrected chi connectivity index (χ3v) is 3.07. The smallest absolute Gasteiger partial charge is 0.101 e. The van der Waals surface area contributed by atoms with Crippen LogP contribution in [-0.2, 0) is 4.74 Å². The second kappa shape index (κ2) is 4.95. The maximum atomic E-state index is 9.14. The number of benzene rings is 1. The van der Waals surface area contributed by atoms with E-state index < -0.39 is 0 Å². The molecule has 2 unspecified atom stereocenters. The van der Waals surface area contributed by atoms with Crippen LogP contribution in [0.15, 0.2) is 18.2 Å². The Hall–Kier alpha value is -1.24. The molecule has 0 aromatic heterocycles. The largest absolute Gasteiger partial charge is 0.372 e. The van der Waals surface area contributed by atoms with Gasteiger partial charge in [-0.05, 0) is 32.0 Å². The zero-order valence-electron chi connectivity index (χ0n) is 9.98. The molecule has 17 heavy (non-hydrogen) atoms. The Morgan fingerprint density at radius 2 is 2.00 bits per heavy atom. The molecule has 0 amide bonds. The van der Waals surface area contributed by atoms with Gasteiger partial charge in [0.2, 0.25) is 0 Å². The molecule has 1 fully saturated rings. The molecule has 1 saturated heterocycles. The summed E-state index contributed by atoms with van der Waals surface area (Å²) in [5, 5.41) is 9.74. The van der Waals surface area contributed by atoms with Gasteiger partial charge in [-0.15, -0.1) is 0 Å². The molecule has 0 N–H and O–H groups in total. The third-order valence-electron chi connectivity index (χ3n) is 2.84. The molecule has 1 aliphatic heterocycles. The predicted molar refractivity (Wildman–Crippen MR) is 68.4 cm³/mol. The zero-order chi connectivity index (χ0) is 12.4. The van der Waals surface area contributed by atoms with Gasteiger partial charge < -0.3 is 9.64 Å². The second-order valence-corrected chi connectivity index (χ2v) is 4.87. The number of ether oxygens (including phenoxy) is 1. The van der Waals surface area contributed by atoms with Gasteiger partial charge in [0.15, 0.2) is 0 Å². The molecule has 90 valence electrons. The van der Waals surface area contributed by atoms with Crippen LogP contribution in [0.4, 0.5) is 5.69 Å². The van der Waals surface area contributed by atoms with Crippen LogP contribution in [0.5, 0.6) is 0 Å². The van der Waals surface area contributed by atoms with Crippen LogP contribution >= 0.6 is 11.6 Å². The van der Waals surface area contributed by atoms with E-state index in [4.69, 9.17) is 21.6 Å². The molecule has 0 bridgehead atoms. The highest BCUT2D eigenvalue weighted by atomic mass is 35.5. The van der Waals surface area contributed by atoms with Gasteiger partial charge in [-0.2, -0.15) is 5.26 Å². The molecule has 0 aliphatic carbocycles. The summed E-state index contributed by atoms with van der Waals surface area (Å²) < 4.78 is 5.68. The normalized spacial score (nSPS) is 24.5. The Balaban J connectivity index is 2.30. The summed E-state index contributed by atoms with van der Waals surface area (Å²) in [5.41, 5.74) is 1.57. The number of halogens is 1. The molecule has 1 aromatic carbocycles. The monoisotopic (exact) mass is 250 g/mol. The minimum atomic E-state index is 0.181. The fourth-order valence-electron chi connectivity index (χ4n) is 2.25. The third kappa shape index (κ3) is 2.71. The lowest BCUT2D eigenvalue weighted by molar-refractivity contribution is -0.00522. The predicted octanol–water partition coefficient (Wildman–Crippen LogP) is 2.83. The molecule has 0 radical (unpaired) electrons. The summed E-state index contributed by atoms with van der Waals surface area (Å²) in [4.78, 5) is 2.19. The molecule has 2 atom stereocenters. The number of nitriles is 1. The van der Waals surface area contributed by atoms with Crippen LogP contribution in [0.3, 0.4) is 0 Å². The van der Waals surface area contributed by atoms with Gasteiger partial charge in [0.25, 0.3) is 0 Å². The Morgan fingerprint density at radius 1 is 1.35 bits per heavy atom. The van der Waals surface area contributed by atoms with Crippen molar-refractivity contribution < 1.29 is 4.74 Å². The number of hydrogen-bond acceptors (Lipinski definition) is 3. The van der Waals surface area contributed by atoms with Gasteiger partial charge in [0.1, 0.15) is 6.07 Å². The summed E-state index contributed by atoms with van der Waals surface area (Å²) in [6.07, 6.45) is 0.363. The molecule has 2 rings (SSSR count). The van der Waals surface area contributed by atoms with E-state index >= 15 is 0 Å². The van der Waals surface area contributed by atoms with Gasteiger partial charge in [-0.25, -0.2) is 0 Å². The minimum absolute atomic E-state index is 0.181. The highest BCUT2D eigenvalue weighted by molar-refractivity contribution is 6.30. The first-order valence-electron chi connectivity index (χ1n) is 5.70. The van der Waals surface area contributed by atoms with Crippen molar-refractivity contribution >= 4 is 17.3 Å². The Kier molecular flexibility index (Phi) is 3.56. The zero-order valence-corrected chi connectivity index (χ0v) is 10.7. The lowest BCUT2D eigenvalue weighted by Gasteiger charge is -2.37. The van der Waals surface area contributed by atoms with Crippen molar-refractivity contribution in [3.63, 3.8) is 0 Å². The van der Waals surface area contributed by atoms with Crippen LogP contribution in [0.25, 0.3) is 0 Å². The summed E-state index contributed by atoms with van der Waals surface area (Å²) in [6, 6.07) is 7.64. The van der Waals surface area contributed by atoms with Gasteiger partial charge in [-0.3, -0.25) is 0 Å². The van der Waals surface area contributed by atoms with Crippen molar-refractivity contribution in [3.8, 4) is 6.07 Å². The number of rotatable bonds is 1. The van der Waals surface area contributed by atoms with E-state index in [9.17, 15) is 0 Å². The fraction of sp³-hybridized carbons (Fsp3) is 0.462. The minimum Gasteiger partial charge on any atom is -0.372 e. The van der Waals surface area contributed by atoms with Gasteiger partial charge in [0.05, 0.1) is 23.5 Å². The maximum Gasteiger partial charge on any atom is 0.101 e. The van der Waals surface area contributed by atoms with E-state index in [1.165, 1.54) is 0 Å². The standard InChI is InChI=1S/C13H15ClN2O/c1-9-7-16(8-10(2)17-9)13-4-3-12(14)5-11(13)6-15/h3-5,9-10H,7-8H2,1-2H3. The first-order valence-corrected chi connectivity index (χ1v) is 6.08. The van der Waals surface area contributed by atoms with Crippen molar-refractivity contribution in [2.75, 3.05) is 18.0 Å². The average molecular weight is 251 g/mol. The summed E-state index contributed by atoms with van der Waals surface area (Å²) in [5.74, 6) is 0. The van der Waals surface area contributed by atoms with E-state index in [0.29, 0.717) is 10.6 Å². The topological polar surface area (TPSA) is 36.3 Å². The first-order chi connectivity index (χ1) is 8.10. The maximum absolute atomic E-state index is 9.14. The summed E-state index contributed by atoms with van der Waals surface area (Å²) in [6.45, 7) is 5.70. The molecular formula is C13H15ClN2O. The van der Waals surface area contributed by atoms with Crippen molar-refractivity contribution in [3.05, 3.63) is 28.8 Å². The van der Waals surface area contributed by atoms with Gasteiger partial charge >= 0.3 is 0 Å². The van der Waals surface area contributed by atoms with Gasteiger partial charge in [0, 0.05) is 18.1 Å². The lowest BCUT2D eigenvalue weighted by atomic mass is 10.1. The second-order valence-electron chi connectivity index (χ2n) is 4.44. The SMILES string of the molecule is CC1CN(c2ccc(Cl)cc2C#N)CC(C)O1. The molecular weight excluding hydrogens is 236 g/mol. The van der Waals surface area contributed by atoms with E-state index in [0.717, 1.165) is 18.8 Å². The molecule has 3 nitrogen and oxygen atoms in total. The number of morpholine rings is 1. The number of anilines is 1. The molecule has 1 heterocycles. The first kappa shape index (κ1) is 12.2. The average Bonchev–Trinajstić information content (AvgIpc) is 2.27. The van der Waals surface area contributed by atoms with Crippen LogP contribution in [-0.4, -0.2) is 25.3 Å². The highest BCUT2D eigenvalue weighted by Crippen LogP contribution is 2.26. The van der Waals surface area contributed by atoms with Crippen molar-refractivity contribution in [2.24, 2.45) is 0 Å². The highest BCUT2D eigenvalue weighted by Gasteiger charge is 2.23. The molecule has 4 heteroatoms. The van der Waals surface area contributed by atoms with Crippen molar-refractivity contribution in [1.29, 1.82) is 5.26 Å². The van der Waals surface area contributed by atoms with E-state index in [1.54, 1.807) is 6.07 Å². The molecule has 0 spiro atoms. The van der Waals surface area contributed by atoms with Crippen molar-refractivity contribution in [1.82, 2.24) is 0 Å². The quantitative estimate of drug-likeness (QED) is 0.769. The lowest BCUT2D eigenvalue weighted by Crippen LogP contribution is -2.45. The Bertz CT molecular complexity index is 445.